The van der Waals surface area contributed by atoms with Crippen molar-refractivity contribution in [1.29, 1.82) is 0 Å². The second kappa shape index (κ2) is 3.65. The minimum atomic E-state index is -0.542. The van der Waals surface area contributed by atoms with Crippen molar-refractivity contribution in [2.24, 2.45) is 9.98 Å². The predicted octanol–water partition coefficient (Wildman–Crippen LogP) is -0.230. The molecule has 58 valence electrons. The smallest absolute Gasteiger partial charge is 0.203 e. The predicted molar refractivity (Wildman–Crippen MR) is 44.0 cm³/mol. The van der Waals surface area contributed by atoms with E-state index in [0.717, 1.165) is 0 Å². The van der Waals surface area contributed by atoms with Crippen molar-refractivity contribution < 1.29 is 4.79 Å². The number of ketones is 1. The average Bonchev–Trinajstić information content (AvgIpc) is 2.52. The molecule has 4 nitrogen and oxygen atoms in total. The van der Waals surface area contributed by atoms with Crippen LogP contribution in [0.4, 0.5) is 0 Å². The summed E-state index contributed by atoms with van der Waals surface area (Å²) in [6, 6.07) is 0. The van der Waals surface area contributed by atoms with Gasteiger partial charge in [-0.25, -0.2) is 0 Å². The third kappa shape index (κ3) is 2.00. The number of carbonyl (C=O) groups is 1. The summed E-state index contributed by atoms with van der Waals surface area (Å²) in [6.45, 7) is 0. The first-order valence-corrected chi connectivity index (χ1v) is 3.27. The highest BCUT2D eigenvalue weighted by molar-refractivity contribution is 6.19. The van der Waals surface area contributed by atoms with E-state index in [0.29, 0.717) is 0 Å². The van der Waals surface area contributed by atoms with Crippen LogP contribution >= 0.6 is 0 Å². The molecule has 1 N–H and O–H groups in total. The van der Waals surface area contributed by atoms with Crippen LogP contribution in [0.15, 0.2) is 22.3 Å². The lowest BCUT2D eigenvalue weighted by molar-refractivity contribution is -0.115. The molecular formula is C7H9N3O. The summed E-state index contributed by atoms with van der Waals surface area (Å²) < 4.78 is 0. The Morgan fingerprint density at radius 3 is 2.73 bits per heavy atom. The SMILES string of the molecule is CNC=CC(=O)C1N=CC=N1. The summed E-state index contributed by atoms with van der Waals surface area (Å²) in [5.41, 5.74) is 0. The van der Waals surface area contributed by atoms with Crippen molar-refractivity contribution in [2.75, 3.05) is 7.05 Å². The van der Waals surface area contributed by atoms with Gasteiger partial charge in [-0.2, -0.15) is 0 Å². The Labute approximate surface area is 64.7 Å². The maximum Gasteiger partial charge on any atom is 0.203 e. The van der Waals surface area contributed by atoms with Crippen molar-refractivity contribution in [2.45, 2.75) is 6.17 Å². The zero-order chi connectivity index (χ0) is 8.10. The number of carbonyl (C=O) groups excluding carboxylic acids is 1. The van der Waals surface area contributed by atoms with Crippen molar-refractivity contribution in [3.05, 3.63) is 12.3 Å². The van der Waals surface area contributed by atoms with Crippen LogP contribution in [0.2, 0.25) is 0 Å². The third-order valence-electron chi connectivity index (χ3n) is 1.19. The van der Waals surface area contributed by atoms with Crippen molar-refractivity contribution in [3.63, 3.8) is 0 Å². The van der Waals surface area contributed by atoms with Gasteiger partial charge in [-0.05, 0) is 6.20 Å². The van der Waals surface area contributed by atoms with Crippen LogP contribution in [0.3, 0.4) is 0 Å². The fourth-order valence-corrected chi connectivity index (χ4v) is 0.677. The summed E-state index contributed by atoms with van der Waals surface area (Å²) in [5, 5.41) is 2.72. The number of nitrogens with one attached hydrogen (secondary N) is 1. The van der Waals surface area contributed by atoms with Gasteiger partial charge in [-0.15, -0.1) is 0 Å². The number of nitrogens with zero attached hydrogens (tertiary/aromatic N) is 2. The summed E-state index contributed by atoms with van der Waals surface area (Å²) in [6.07, 6.45) is 5.49. The lowest BCUT2D eigenvalue weighted by Gasteiger charge is -1.95. The van der Waals surface area contributed by atoms with Gasteiger partial charge in [0.05, 0.1) is 0 Å². The maximum atomic E-state index is 11.0. The molecule has 0 amide bonds. The van der Waals surface area contributed by atoms with Gasteiger partial charge in [0.1, 0.15) is 0 Å². The first kappa shape index (κ1) is 7.65. The molecule has 1 heterocycles. The molecule has 0 spiro atoms. The Kier molecular flexibility index (Phi) is 2.54. The minimum Gasteiger partial charge on any atom is -0.394 e. The molecule has 0 atom stereocenters. The van der Waals surface area contributed by atoms with Crippen LogP contribution in [0.5, 0.6) is 0 Å². The fraction of sp³-hybridized carbons (Fsp3) is 0.286. The Hall–Kier alpha value is -1.45. The monoisotopic (exact) mass is 151 g/mol. The van der Waals surface area contributed by atoms with E-state index in [2.05, 4.69) is 15.3 Å². The molecule has 0 radical (unpaired) electrons. The minimum absolute atomic E-state index is 0.107. The van der Waals surface area contributed by atoms with Crippen LogP contribution in [0, 0.1) is 0 Å². The van der Waals surface area contributed by atoms with Crippen molar-refractivity contribution in [3.8, 4) is 0 Å². The van der Waals surface area contributed by atoms with Crippen LogP contribution in [-0.4, -0.2) is 31.4 Å². The zero-order valence-corrected chi connectivity index (χ0v) is 6.19. The van der Waals surface area contributed by atoms with Crippen LogP contribution in [0.25, 0.3) is 0 Å². The quantitative estimate of drug-likeness (QED) is 0.566. The molecule has 0 aliphatic carbocycles. The van der Waals surface area contributed by atoms with E-state index in [1.165, 1.54) is 18.5 Å². The van der Waals surface area contributed by atoms with Crippen molar-refractivity contribution >= 4 is 18.2 Å². The van der Waals surface area contributed by atoms with Gasteiger partial charge >= 0.3 is 0 Å². The highest BCUT2D eigenvalue weighted by atomic mass is 16.1. The Morgan fingerprint density at radius 1 is 1.55 bits per heavy atom. The molecule has 0 unspecified atom stereocenters. The Morgan fingerprint density at radius 2 is 2.18 bits per heavy atom. The fourth-order valence-electron chi connectivity index (χ4n) is 0.677. The summed E-state index contributed by atoms with van der Waals surface area (Å²) >= 11 is 0. The normalized spacial score (nSPS) is 16.5. The summed E-state index contributed by atoms with van der Waals surface area (Å²) in [7, 11) is 1.73. The first-order valence-electron chi connectivity index (χ1n) is 3.27. The molecule has 0 saturated carbocycles. The molecule has 1 rings (SSSR count). The molecule has 4 heteroatoms. The molecule has 0 aromatic carbocycles. The largest absolute Gasteiger partial charge is 0.394 e. The highest BCUT2D eigenvalue weighted by Crippen LogP contribution is 1.98. The molecule has 0 bridgehead atoms. The lowest BCUT2D eigenvalue weighted by atomic mass is 10.3. The van der Waals surface area contributed by atoms with Gasteiger partial charge in [-0.3, -0.25) is 14.8 Å². The molecule has 1 aliphatic heterocycles. The molecule has 11 heavy (non-hydrogen) atoms. The third-order valence-corrected chi connectivity index (χ3v) is 1.19. The van der Waals surface area contributed by atoms with Gasteiger partial charge in [0.2, 0.25) is 11.9 Å². The molecule has 0 aromatic heterocycles. The van der Waals surface area contributed by atoms with E-state index >= 15 is 0 Å². The second-order valence-electron chi connectivity index (χ2n) is 1.99. The van der Waals surface area contributed by atoms with E-state index in [1.54, 1.807) is 13.2 Å². The molecule has 0 aromatic rings. The van der Waals surface area contributed by atoms with Crippen molar-refractivity contribution in [1.82, 2.24) is 5.32 Å². The van der Waals surface area contributed by atoms with Gasteiger partial charge < -0.3 is 5.32 Å². The van der Waals surface area contributed by atoms with E-state index in [1.807, 2.05) is 0 Å². The Bertz CT molecular complexity index is 218. The molecule has 0 saturated heterocycles. The lowest BCUT2D eigenvalue weighted by Crippen LogP contribution is -2.11. The number of rotatable bonds is 3. The van der Waals surface area contributed by atoms with Gasteiger partial charge in [0.25, 0.3) is 0 Å². The molecule has 0 fully saturated rings. The van der Waals surface area contributed by atoms with Crippen LogP contribution in [-0.2, 0) is 4.79 Å². The number of hydrogen-bond donors (Lipinski definition) is 1. The van der Waals surface area contributed by atoms with E-state index in [9.17, 15) is 4.79 Å². The molecule has 1 aliphatic rings. The number of aliphatic imine (C=N–C) groups is 2. The highest BCUT2D eigenvalue weighted by Gasteiger charge is 2.12. The summed E-state index contributed by atoms with van der Waals surface area (Å²) in [5.74, 6) is -0.107. The first-order chi connectivity index (χ1) is 5.34. The maximum absolute atomic E-state index is 11.0. The van der Waals surface area contributed by atoms with E-state index in [-0.39, 0.29) is 5.78 Å². The van der Waals surface area contributed by atoms with Gasteiger partial charge in [-0.1, -0.05) is 0 Å². The van der Waals surface area contributed by atoms with Gasteiger partial charge in [0, 0.05) is 25.6 Å². The summed E-state index contributed by atoms with van der Waals surface area (Å²) in [4.78, 5) is 18.7. The zero-order valence-electron chi connectivity index (χ0n) is 6.19. The van der Waals surface area contributed by atoms with Gasteiger partial charge in [0.15, 0.2) is 0 Å². The topological polar surface area (TPSA) is 53.8 Å². The van der Waals surface area contributed by atoms with Crippen LogP contribution < -0.4 is 5.32 Å². The van der Waals surface area contributed by atoms with E-state index < -0.39 is 6.17 Å². The number of hydrogen-bond acceptors (Lipinski definition) is 4. The van der Waals surface area contributed by atoms with E-state index in [4.69, 9.17) is 0 Å². The second-order valence-corrected chi connectivity index (χ2v) is 1.99. The standard InChI is InChI=1S/C7H9N3O/c1-8-3-2-6(11)7-9-4-5-10-7/h2-5,7-8H,1H3. The Balaban J connectivity index is 2.48. The average molecular weight is 151 g/mol. The van der Waals surface area contributed by atoms with Crippen LogP contribution in [0.1, 0.15) is 0 Å². The molecular weight excluding hydrogens is 142 g/mol.